The first kappa shape index (κ1) is 11.5. The largest absolute Gasteiger partial charge is 0.401 e. The molecule has 0 saturated carbocycles. The van der Waals surface area contributed by atoms with Gasteiger partial charge in [-0.15, -0.1) is 0 Å². The van der Waals surface area contributed by atoms with E-state index in [9.17, 15) is 18.0 Å². The van der Waals surface area contributed by atoms with E-state index in [-0.39, 0.29) is 5.92 Å². The summed E-state index contributed by atoms with van der Waals surface area (Å²) in [5, 5.41) is 0. The highest BCUT2D eigenvalue weighted by Gasteiger charge is 2.32. The summed E-state index contributed by atoms with van der Waals surface area (Å²) < 4.78 is 36.0. The standard InChI is InChI=1S/C9H14F3NO/c10-9(11,12)7-13-4-1-8(2-5-13)3-6-14/h6,8H,1-5,7H2. The van der Waals surface area contributed by atoms with E-state index in [0.717, 1.165) is 6.29 Å². The van der Waals surface area contributed by atoms with E-state index in [1.54, 1.807) is 0 Å². The molecule has 0 radical (unpaired) electrons. The van der Waals surface area contributed by atoms with Crippen molar-refractivity contribution in [1.29, 1.82) is 0 Å². The molecular weight excluding hydrogens is 195 g/mol. The zero-order chi connectivity index (χ0) is 10.6. The third-order valence-corrected chi connectivity index (χ3v) is 2.54. The maximum absolute atomic E-state index is 12.0. The van der Waals surface area contributed by atoms with Crippen LogP contribution in [-0.2, 0) is 4.79 Å². The third kappa shape index (κ3) is 4.09. The zero-order valence-electron chi connectivity index (χ0n) is 7.89. The van der Waals surface area contributed by atoms with Crippen molar-refractivity contribution in [2.24, 2.45) is 5.92 Å². The fraction of sp³-hybridized carbons (Fsp3) is 0.889. The number of rotatable bonds is 3. The molecule has 0 aromatic rings. The van der Waals surface area contributed by atoms with Crippen molar-refractivity contribution in [3.8, 4) is 0 Å². The zero-order valence-corrected chi connectivity index (χ0v) is 7.89. The van der Waals surface area contributed by atoms with Gasteiger partial charge < -0.3 is 4.79 Å². The van der Waals surface area contributed by atoms with Gasteiger partial charge in [0.2, 0.25) is 0 Å². The van der Waals surface area contributed by atoms with Crippen LogP contribution in [0.4, 0.5) is 13.2 Å². The van der Waals surface area contributed by atoms with Crippen molar-refractivity contribution < 1.29 is 18.0 Å². The molecule has 0 amide bonds. The van der Waals surface area contributed by atoms with E-state index >= 15 is 0 Å². The number of hydrogen-bond donors (Lipinski definition) is 0. The molecule has 0 aromatic carbocycles. The van der Waals surface area contributed by atoms with Gasteiger partial charge in [-0.05, 0) is 31.8 Å². The number of aldehydes is 1. The SMILES string of the molecule is O=CCC1CCN(CC(F)(F)F)CC1. The van der Waals surface area contributed by atoms with E-state index in [1.807, 2.05) is 0 Å². The van der Waals surface area contributed by atoms with E-state index in [2.05, 4.69) is 0 Å². The normalized spacial score (nSPS) is 21.1. The van der Waals surface area contributed by atoms with Crippen LogP contribution >= 0.6 is 0 Å². The molecular formula is C9H14F3NO. The molecule has 1 fully saturated rings. The summed E-state index contributed by atoms with van der Waals surface area (Å²) in [7, 11) is 0. The molecule has 2 nitrogen and oxygen atoms in total. The number of likely N-dealkylation sites (tertiary alicyclic amines) is 1. The number of alkyl halides is 3. The summed E-state index contributed by atoms with van der Waals surface area (Å²) >= 11 is 0. The Labute approximate surface area is 81.1 Å². The quantitative estimate of drug-likeness (QED) is 0.661. The topological polar surface area (TPSA) is 20.3 Å². The molecule has 0 bridgehead atoms. The summed E-state index contributed by atoms with van der Waals surface area (Å²) in [6.45, 7) is 0.0941. The summed E-state index contributed by atoms with van der Waals surface area (Å²) in [4.78, 5) is 11.6. The molecule has 1 aliphatic rings. The van der Waals surface area contributed by atoms with Crippen LogP contribution in [0.5, 0.6) is 0 Å². The Morgan fingerprint density at radius 1 is 1.29 bits per heavy atom. The number of piperidine rings is 1. The summed E-state index contributed by atoms with van der Waals surface area (Å²) in [6.07, 6.45) is -1.36. The molecule has 0 aromatic heterocycles. The number of carbonyl (C=O) groups is 1. The van der Waals surface area contributed by atoms with Crippen molar-refractivity contribution >= 4 is 6.29 Å². The lowest BCUT2D eigenvalue weighted by atomic mass is 9.94. The van der Waals surface area contributed by atoms with Crippen molar-refractivity contribution in [3.05, 3.63) is 0 Å². The molecule has 0 aliphatic carbocycles. The Bertz CT molecular complexity index is 185. The molecule has 0 atom stereocenters. The summed E-state index contributed by atoms with van der Waals surface area (Å²) in [6, 6.07) is 0. The van der Waals surface area contributed by atoms with Crippen molar-refractivity contribution in [2.45, 2.75) is 25.4 Å². The van der Waals surface area contributed by atoms with Gasteiger partial charge in [0.05, 0.1) is 6.54 Å². The molecule has 1 heterocycles. The minimum atomic E-state index is -4.10. The predicted molar refractivity (Wildman–Crippen MR) is 45.9 cm³/mol. The first-order valence-corrected chi connectivity index (χ1v) is 4.74. The van der Waals surface area contributed by atoms with Crippen molar-refractivity contribution in [3.63, 3.8) is 0 Å². The van der Waals surface area contributed by atoms with Gasteiger partial charge >= 0.3 is 6.18 Å². The van der Waals surface area contributed by atoms with Crippen LogP contribution in [0.15, 0.2) is 0 Å². The van der Waals surface area contributed by atoms with Gasteiger partial charge in [0.15, 0.2) is 0 Å². The smallest absolute Gasteiger partial charge is 0.303 e. The molecule has 82 valence electrons. The average Bonchev–Trinajstić information content (AvgIpc) is 2.06. The number of carbonyl (C=O) groups excluding carboxylic acids is 1. The Kier molecular flexibility index (Phi) is 3.92. The second-order valence-electron chi connectivity index (χ2n) is 3.74. The first-order chi connectivity index (χ1) is 6.51. The second kappa shape index (κ2) is 4.77. The minimum Gasteiger partial charge on any atom is -0.303 e. The number of halogens is 3. The Balaban J connectivity index is 2.25. The average molecular weight is 209 g/mol. The lowest BCUT2D eigenvalue weighted by Gasteiger charge is -2.31. The molecule has 1 rings (SSSR count). The van der Waals surface area contributed by atoms with Gasteiger partial charge in [-0.3, -0.25) is 4.90 Å². The highest BCUT2D eigenvalue weighted by atomic mass is 19.4. The predicted octanol–water partition coefficient (Wildman–Crippen LogP) is 1.85. The van der Waals surface area contributed by atoms with Crippen molar-refractivity contribution in [1.82, 2.24) is 4.90 Å². The number of nitrogens with zero attached hydrogens (tertiary/aromatic N) is 1. The van der Waals surface area contributed by atoms with Gasteiger partial charge in [0.1, 0.15) is 6.29 Å². The Hall–Kier alpha value is -0.580. The molecule has 14 heavy (non-hydrogen) atoms. The molecule has 0 unspecified atom stereocenters. The van der Waals surface area contributed by atoms with Gasteiger partial charge in [0, 0.05) is 6.42 Å². The second-order valence-corrected chi connectivity index (χ2v) is 3.74. The number of hydrogen-bond acceptors (Lipinski definition) is 2. The Morgan fingerprint density at radius 3 is 2.29 bits per heavy atom. The molecule has 5 heteroatoms. The monoisotopic (exact) mass is 209 g/mol. The summed E-state index contributed by atoms with van der Waals surface area (Å²) in [5.74, 6) is 0.289. The van der Waals surface area contributed by atoms with Crippen molar-refractivity contribution in [2.75, 3.05) is 19.6 Å². The maximum Gasteiger partial charge on any atom is 0.401 e. The summed E-state index contributed by atoms with van der Waals surface area (Å²) in [5.41, 5.74) is 0. The van der Waals surface area contributed by atoms with Crippen LogP contribution in [0.3, 0.4) is 0 Å². The maximum atomic E-state index is 12.0. The lowest BCUT2D eigenvalue weighted by Crippen LogP contribution is -2.40. The third-order valence-electron chi connectivity index (χ3n) is 2.54. The fourth-order valence-electron chi connectivity index (χ4n) is 1.77. The fourth-order valence-corrected chi connectivity index (χ4v) is 1.77. The van der Waals surface area contributed by atoms with Gasteiger partial charge in [-0.1, -0.05) is 0 Å². The first-order valence-electron chi connectivity index (χ1n) is 4.74. The van der Waals surface area contributed by atoms with Gasteiger partial charge in [-0.25, -0.2) is 0 Å². The van der Waals surface area contributed by atoms with Crippen LogP contribution < -0.4 is 0 Å². The van der Waals surface area contributed by atoms with Crippen LogP contribution in [-0.4, -0.2) is 37.0 Å². The van der Waals surface area contributed by atoms with Crippen LogP contribution in [0.1, 0.15) is 19.3 Å². The molecule has 1 aliphatic heterocycles. The minimum absolute atomic E-state index is 0.289. The molecule has 0 spiro atoms. The van der Waals surface area contributed by atoms with E-state index in [4.69, 9.17) is 0 Å². The highest BCUT2D eigenvalue weighted by molar-refractivity contribution is 5.49. The van der Waals surface area contributed by atoms with Gasteiger partial charge in [0.25, 0.3) is 0 Å². The molecule has 1 saturated heterocycles. The van der Waals surface area contributed by atoms with Crippen LogP contribution in [0.2, 0.25) is 0 Å². The Morgan fingerprint density at radius 2 is 1.86 bits per heavy atom. The van der Waals surface area contributed by atoms with E-state index < -0.39 is 12.7 Å². The lowest BCUT2D eigenvalue weighted by molar-refractivity contribution is -0.148. The van der Waals surface area contributed by atoms with Crippen LogP contribution in [0.25, 0.3) is 0 Å². The van der Waals surface area contributed by atoms with Crippen LogP contribution in [0, 0.1) is 5.92 Å². The van der Waals surface area contributed by atoms with E-state index in [0.29, 0.717) is 32.4 Å². The van der Waals surface area contributed by atoms with E-state index in [1.165, 1.54) is 4.90 Å². The van der Waals surface area contributed by atoms with Gasteiger partial charge in [-0.2, -0.15) is 13.2 Å². The highest BCUT2D eigenvalue weighted by Crippen LogP contribution is 2.23. The molecule has 0 N–H and O–H groups in total.